The molecule has 102 valence electrons. The lowest BCUT2D eigenvalue weighted by Crippen LogP contribution is -1.98. The van der Waals surface area contributed by atoms with Crippen molar-refractivity contribution in [1.29, 1.82) is 0 Å². The molecule has 2 heterocycles. The van der Waals surface area contributed by atoms with E-state index < -0.39 is 0 Å². The molecule has 0 bridgehead atoms. The fourth-order valence-electron chi connectivity index (χ4n) is 1.96. The minimum atomic E-state index is 0.582. The predicted molar refractivity (Wildman–Crippen MR) is 87.3 cm³/mol. The van der Waals surface area contributed by atoms with E-state index in [0.717, 1.165) is 21.8 Å². The summed E-state index contributed by atoms with van der Waals surface area (Å²) in [4.78, 5) is 12.4. The number of nitrogen functional groups attached to an aromatic ring is 1. The fourth-order valence-corrected chi connectivity index (χ4v) is 3.62. The number of hydrogen-bond donors (Lipinski definition) is 1. The normalized spacial score (nSPS) is 11.1. The zero-order chi connectivity index (χ0) is 14.1. The van der Waals surface area contributed by atoms with Crippen molar-refractivity contribution in [1.82, 2.24) is 9.97 Å². The third kappa shape index (κ3) is 2.78. The van der Waals surface area contributed by atoms with E-state index in [1.807, 2.05) is 6.07 Å². The van der Waals surface area contributed by atoms with Crippen molar-refractivity contribution in [3.05, 3.63) is 46.6 Å². The molecule has 0 fully saturated rings. The molecule has 0 atom stereocenters. The molecule has 2 N–H and O–H groups in total. The zero-order valence-electron chi connectivity index (χ0n) is 11.4. The molecule has 3 nitrogen and oxygen atoms in total. The molecule has 5 heteroatoms. The van der Waals surface area contributed by atoms with Crippen molar-refractivity contribution in [2.75, 3.05) is 5.73 Å². The van der Waals surface area contributed by atoms with Crippen LogP contribution in [0.15, 0.2) is 35.2 Å². The summed E-state index contributed by atoms with van der Waals surface area (Å²) in [5.74, 6) is 2.11. The molecule has 3 aromatic rings. The highest BCUT2D eigenvalue weighted by atomic mass is 32.2. The van der Waals surface area contributed by atoms with Gasteiger partial charge in [-0.15, -0.1) is 23.1 Å². The first-order valence-corrected chi connectivity index (χ1v) is 8.14. The average Bonchev–Trinajstić information content (AvgIpc) is 2.79. The van der Waals surface area contributed by atoms with Gasteiger partial charge in [0, 0.05) is 9.77 Å². The van der Waals surface area contributed by atoms with Crippen LogP contribution in [0.4, 0.5) is 5.82 Å². The summed E-state index contributed by atoms with van der Waals surface area (Å²) >= 11 is 3.39. The van der Waals surface area contributed by atoms with Crippen LogP contribution in [0.5, 0.6) is 0 Å². The van der Waals surface area contributed by atoms with Crippen molar-refractivity contribution in [3.8, 4) is 0 Å². The first-order chi connectivity index (χ1) is 9.61. The molecular formula is C15H15N3S2. The number of nitrogens with two attached hydrogens (primary N) is 1. The molecule has 0 aliphatic carbocycles. The number of anilines is 1. The van der Waals surface area contributed by atoms with E-state index in [2.05, 4.69) is 48.1 Å². The topological polar surface area (TPSA) is 51.8 Å². The Balaban J connectivity index is 1.82. The summed E-state index contributed by atoms with van der Waals surface area (Å²) < 4.78 is 0. The summed E-state index contributed by atoms with van der Waals surface area (Å²) in [5.41, 5.74) is 7.27. The molecule has 0 radical (unpaired) electrons. The molecule has 0 aliphatic rings. The van der Waals surface area contributed by atoms with Gasteiger partial charge in [-0.1, -0.05) is 17.7 Å². The number of hydrogen-bond acceptors (Lipinski definition) is 5. The lowest BCUT2D eigenvalue weighted by molar-refractivity contribution is 1.08. The zero-order valence-corrected chi connectivity index (χ0v) is 13.0. The van der Waals surface area contributed by atoms with Gasteiger partial charge in [0.1, 0.15) is 16.5 Å². The first-order valence-electron chi connectivity index (χ1n) is 6.34. The molecule has 0 spiro atoms. The molecule has 2 aromatic heterocycles. The van der Waals surface area contributed by atoms with Crippen LogP contribution in [0, 0.1) is 13.8 Å². The predicted octanol–water partition coefficient (Wildman–Crippen LogP) is 4.18. The molecule has 0 saturated carbocycles. The molecule has 0 amide bonds. The van der Waals surface area contributed by atoms with Gasteiger partial charge in [-0.3, -0.25) is 0 Å². The molecule has 1 aromatic carbocycles. The number of rotatable bonds is 3. The monoisotopic (exact) mass is 301 g/mol. The van der Waals surface area contributed by atoms with Crippen LogP contribution in [-0.4, -0.2) is 9.97 Å². The van der Waals surface area contributed by atoms with Crippen molar-refractivity contribution >= 4 is 39.1 Å². The fraction of sp³-hybridized carbons (Fsp3) is 0.200. The number of fused-ring (bicyclic) bond motifs is 1. The van der Waals surface area contributed by atoms with Gasteiger partial charge in [0.25, 0.3) is 0 Å². The molecule has 0 unspecified atom stereocenters. The molecular weight excluding hydrogens is 286 g/mol. The quantitative estimate of drug-likeness (QED) is 0.737. The summed E-state index contributed by atoms with van der Waals surface area (Å²) in [7, 11) is 0. The highest BCUT2D eigenvalue weighted by Crippen LogP contribution is 2.28. The van der Waals surface area contributed by atoms with Gasteiger partial charge in [-0.25, -0.2) is 9.97 Å². The van der Waals surface area contributed by atoms with Gasteiger partial charge >= 0.3 is 0 Å². The molecule has 20 heavy (non-hydrogen) atoms. The average molecular weight is 301 g/mol. The number of nitrogens with zero attached hydrogens (tertiary/aromatic N) is 2. The Kier molecular flexibility index (Phi) is 3.63. The van der Waals surface area contributed by atoms with Crippen LogP contribution >= 0.6 is 23.1 Å². The Labute approximate surface area is 126 Å². The van der Waals surface area contributed by atoms with Crippen LogP contribution < -0.4 is 5.73 Å². The Morgan fingerprint density at radius 3 is 2.65 bits per heavy atom. The largest absolute Gasteiger partial charge is 0.383 e. The molecule has 0 saturated heterocycles. The Bertz CT molecular complexity index is 748. The minimum Gasteiger partial charge on any atom is -0.383 e. The van der Waals surface area contributed by atoms with E-state index in [9.17, 15) is 0 Å². The molecule has 0 aliphatic heterocycles. The van der Waals surface area contributed by atoms with Gasteiger partial charge in [0.2, 0.25) is 0 Å². The smallest absolute Gasteiger partial charge is 0.142 e. The SMILES string of the molecule is Cc1ccc(SCc2nc(N)c3cc(C)sc3n2)cc1. The number of thiophene rings is 1. The van der Waals surface area contributed by atoms with E-state index in [1.165, 1.54) is 15.3 Å². The van der Waals surface area contributed by atoms with Crippen molar-refractivity contribution in [3.63, 3.8) is 0 Å². The Hall–Kier alpha value is -1.59. The van der Waals surface area contributed by atoms with Crippen LogP contribution in [0.25, 0.3) is 10.2 Å². The third-order valence-electron chi connectivity index (χ3n) is 2.98. The molecule has 3 rings (SSSR count). The van der Waals surface area contributed by atoms with Gasteiger partial charge in [-0.05, 0) is 32.0 Å². The Morgan fingerprint density at radius 1 is 1.15 bits per heavy atom. The van der Waals surface area contributed by atoms with Crippen LogP contribution in [-0.2, 0) is 5.75 Å². The van der Waals surface area contributed by atoms with Gasteiger partial charge < -0.3 is 5.73 Å². The lowest BCUT2D eigenvalue weighted by Gasteiger charge is -2.03. The first kappa shape index (κ1) is 13.4. The van der Waals surface area contributed by atoms with Crippen molar-refractivity contribution in [2.24, 2.45) is 0 Å². The number of benzene rings is 1. The lowest BCUT2D eigenvalue weighted by atomic mass is 10.2. The maximum atomic E-state index is 6.01. The minimum absolute atomic E-state index is 0.582. The van der Waals surface area contributed by atoms with E-state index in [4.69, 9.17) is 5.73 Å². The van der Waals surface area contributed by atoms with Crippen molar-refractivity contribution in [2.45, 2.75) is 24.5 Å². The Morgan fingerprint density at radius 2 is 1.90 bits per heavy atom. The van der Waals surface area contributed by atoms with Crippen LogP contribution in [0.3, 0.4) is 0 Å². The van der Waals surface area contributed by atoms with Gasteiger partial charge in [0.15, 0.2) is 0 Å². The van der Waals surface area contributed by atoms with E-state index in [1.54, 1.807) is 23.1 Å². The van der Waals surface area contributed by atoms with E-state index >= 15 is 0 Å². The maximum Gasteiger partial charge on any atom is 0.142 e. The van der Waals surface area contributed by atoms with E-state index in [0.29, 0.717) is 5.82 Å². The number of thioether (sulfide) groups is 1. The summed E-state index contributed by atoms with van der Waals surface area (Å²) in [6.07, 6.45) is 0. The maximum absolute atomic E-state index is 6.01. The van der Waals surface area contributed by atoms with Gasteiger partial charge in [-0.2, -0.15) is 0 Å². The number of aromatic nitrogens is 2. The highest BCUT2D eigenvalue weighted by molar-refractivity contribution is 7.98. The summed E-state index contributed by atoms with van der Waals surface area (Å²) in [6.45, 7) is 4.15. The van der Waals surface area contributed by atoms with E-state index in [-0.39, 0.29) is 0 Å². The standard InChI is InChI=1S/C15H15N3S2/c1-9-3-5-11(6-4-9)19-8-13-17-14(16)12-7-10(2)20-15(12)18-13/h3-7H,8H2,1-2H3,(H2,16,17,18). The summed E-state index contributed by atoms with van der Waals surface area (Å²) in [5, 5.41) is 0.969. The second-order valence-corrected chi connectivity index (χ2v) is 6.99. The summed E-state index contributed by atoms with van der Waals surface area (Å²) in [6, 6.07) is 10.5. The van der Waals surface area contributed by atoms with Gasteiger partial charge in [0.05, 0.1) is 11.1 Å². The van der Waals surface area contributed by atoms with Crippen molar-refractivity contribution < 1.29 is 0 Å². The highest BCUT2D eigenvalue weighted by Gasteiger charge is 2.08. The van der Waals surface area contributed by atoms with Crippen LogP contribution in [0.1, 0.15) is 16.3 Å². The second-order valence-electron chi connectivity index (χ2n) is 4.70. The number of aryl methyl sites for hydroxylation is 2. The van der Waals surface area contributed by atoms with Crippen LogP contribution in [0.2, 0.25) is 0 Å². The second kappa shape index (κ2) is 5.42. The third-order valence-corrected chi connectivity index (χ3v) is 4.93.